The lowest BCUT2D eigenvalue weighted by Gasteiger charge is -2.32. The van der Waals surface area contributed by atoms with Crippen molar-refractivity contribution in [3.05, 3.63) is 113 Å². The van der Waals surface area contributed by atoms with Gasteiger partial charge in [0.1, 0.15) is 0 Å². The third-order valence-electron chi connectivity index (χ3n) is 6.86. The summed E-state index contributed by atoms with van der Waals surface area (Å²) in [4.78, 5) is 15.2. The summed E-state index contributed by atoms with van der Waals surface area (Å²) in [6, 6.07) is 31.3. The van der Waals surface area contributed by atoms with Crippen molar-refractivity contribution in [1.82, 2.24) is 4.90 Å². The van der Waals surface area contributed by atoms with Crippen molar-refractivity contribution < 1.29 is 4.79 Å². The van der Waals surface area contributed by atoms with Gasteiger partial charge in [-0.25, -0.2) is 0 Å². The number of hydrogen-bond donors (Lipinski definition) is 2. The molecule has 1 saturated heterocycles. The number of nitrogens with two attached hydrogens (primary N) is 1. The van der Waals surface area contributed by atoms with E-state index in [4.69, 9.17) is 5.73 Å². The van der Waals surface area contributed by atoms with Gasteiger partial charge in [-0.2, -0.15) is 0 Å². The SMILES string of the molecule is Cl.Cl.NCc1cccc(C2CCN(C(=O)c3cccc(NCc4ccc5ccccc5c4)c3)CC2)c1. The van der Waals surface area contributed by atoms with E-state index in [1.807, 2.05) is 29.2 Å². The molecule has 36 heavy (non-hydrogen) atoms. The largest absolute Gasteiger partial charge is 0.381 e. The summed E-state index contributed by atoms with van der Waals surface area (Å²) in [5.74, 6) is 0.606. The minimum Gasteiger partial charge on any atom is -0.381 e. The summed E-state index contributed by atoms with van der Waals surface area (Å²) in [7, 11) is 0. The quantitative estimate of drug-likeness (QED) is 0.294. The summed E-state index contributed by atoms with van der Waals surface area (Å²) in [5.41, 5.74) is 11.2. The average Bonchev–Trinajstić information content (AvgIpc) is 2.91. The Morgan fingerprint density at radius 1 is 0.806 bits per heavy atom. The molecule has 1 heterocycles. The predicted molar refractivity (Wildman–Crippen MR) is 154 cm³/mol. The molecule has 1 amide bonds. The molecule has 1 aliphatic heterocycles. The standard InChI is InChI=1S/C30H31N3O.2ClH/c31-20-22-5-3-8-27(17-22)25-13-15-33(16-14-25)30(34)28-9-4-10-29(19-28)32-21-23-11-12-24-6-1-2-7-26(24)18-23;;/h1-12,17-19,25,32H,13-16,20-21,31H2;2*1H. The molecule has 4 aromatic rings. The Morgan fingerprint density at radius 2 is 1.56 bits per heavy atom. The molecule has 5 rings (SSSR count). The molecule has 4 aromatic carbocycles. The number of amides is 1. The van der Waals surface area contributed by atoms with Crippen LogP contribution in [0.1, 0.15) is 45.8 Å². The molecule has 0 atom stereocenters. The number of hydrogen-bond acceptors (Lipinski definition) is 3. The molecule has 0 saturated carbocycles. The molecule has 0 aromatic heterocycles. The number of rotatable bonds is 6. The van der Waals surface area contributed by atoms with Gasteiger partial charge in [0.25, 0.3) is 5.91 Å². The van der Waals surface area contributed by atoms with Gasteiger partial charge in [0.15, 0.2) is 0 Å². The molecule has 0 aliphatic carbocycles. The highest BCUT2D eigenvalue weighted by atomic mass is 35.5. The van der Waals surface area contributed by atoms with Crippen molar-refractivity contribution in [2.45, 2.75) is 31.8 Å². The molecule has 0 unspecified atom stereocenters. The number of anilines is 1. The number of fused-ring (bicyclic) bond motifs is 1. The van der Waals surface area contributed by atoms with Crippen LogP contribution in [0.4, 0.5) is 5.69 Å². The van der Waals surface area contributed by atoms with Crippen molar-refractivity contribution in [3.8, 4) is 0 Å². The lowest BCUT2D eigenvalue weighted by molar-refractivity contribution is 0.0713. The van der Waals surface area contributed by atoms with Gasteiger partial charge >= 0.3 is 0 Å². The van der Waals surface area contributed by atoms with E-state index in [1.165, 1.54) is 27.5 Å². The predicted octanol–water partition coefficient (Wildman–Crippen LogP) is 6.77. The van der Waals surface area contributed by atoms with Crippen LogP contribution in [0, 0.1) is 0 Å². The van der Waals surface area contributed by atoms with Crippen molar-refractivity contribution >= 4 is 47.2 Å². The molecular weight excluding hydrogens is 489 g/mol. The fourth-order valence-corrected chi connectivity index (χ4v) is 4.89. The summed E-state index contributed by atoms with van der Waals surface area (Å²) < 4.78 is 0. The molecule has 1 aliphatic rings. The zero-order valence-electron chi connectivity index (χ0n) is 20.2. The van der Waals surface area contributed by atoms with Crippen LogP contribution in [0.5, 0.6) is 0 Å². The number of carbonyl (C=O) groups is 1. The van der Waals surface area contributed by atoms with Gasteiger partial charge in [0, 0.05) is 37.4 Å². The van der Waals surface area contributed by atoms with Crippen molar-refractivity contribution in [2.75, 3.05) is 18.4 Å². The average molecular weight is 523 g/mol. The van der Waals surface area contributed by atoms with E-state index in [0.717, 1.165) is 43.7 Å². The number of halogens is 2. The second-order valence-electron chi connectivity index (χ2n) is 9.13. The molecule has 1 fully saturated rings. The Labute approximate surface area is 225 Å². The number of piperidine rings is 1. The minimum atomic E-state index is 0. The maximum absolute atomic E-state index is 13.2. The zero-order valence-corrected chi connectivity index (χ0v) is 21.9. The molecule has 4 nitrogen and oxygen atoms in total. The summed E-state index contributed by atoms with van der Waals surface area (Å²) in [5, 5.41) is 5.97. The highest BCUT2D eigenvalue weighted by Crippen LogP contribution is 2.29. The Hall–Kier alpha value is -3.05. The Balaban J connectivity index is 0.00000180. The van der Waals surface area contributed by atoms with E-state index in [1.54, 1.807) is 0 Å². The maximum atomic E-state index is 13.2. The number of benzene rings is 4. The van der Waals surface area contributed by atoms with E-state index in [-0.39, 0.29) is 30.7 Å². The summed E-state index contributed by atoms with van der Waals surface area (Å²) >= 11 is 0. The second kappa shape index (κ2) is 12.8. The Morgan fingerprint density at radius 3 is 2.33 bits per heavy atom. The van der Waals surface area contributed by atoms with E-state index in [9.17, 15) is 4.79 Å². The van der Waals surface area contributed by atoms with Crippen LogP contribution in [0.3, 0.4) is 0 Å². The Bertz CT molecular complexity index is 1300. The van der Waals surface area contributed by atoms with Crippen LogP contribution in [0.25, 0.3) is 10.8 Å². The number of nitrogens with zero attached hydrogens (tertiary/aromatic N) is 1. The fraction of sp³-hybridized carbons (Fsp3) is 0.233. The molecule has 3 N–H and O–H groups in total. The summed E-state index contributed by atoms with van der Waals surface area (Å²) in [6.45, 7) is 2.85. The molecule has 6 heteroatoms. The third kappa shape index (κ3) is 6.38. The first-order valence-electron chi connectivity index (χ1n) is 12.1. The van der Waals surface area contributed by atoms with Crippen LogP contribution in [0.2, 0.25) is 0 Å². The monoisotopic (exact) mass is 521 g/mol. The van der Waals surface area contributed by atoms with Crippen LogP contribution in [-0.4, -0.2) is 23.9 Å². The molecular formula is C30H33Cl2N3O. The van der Waals surface area contributed by atoms with Crippen molar-refractivity contribution in [2.24, 2.45) is 5.73 Å². The van der Waals surface area contributed by atoms with Crippen LogP contribution >= 0.6 is 24.8 Å². The highest BCUT2D eigenvalue weighted by Gasteiger charge is 2.24. The summed E-state index contributed by atoms with van der Waals surface area (Å²) in [6.07, 6.45) is 1.97. The number of likely N-dealkylation sites (tertiary alicyclic amines) is 1. The topological polar surface area (TPSA) is 58.4 Å². The lowest BCUT2D eigenvalue weighted by Crippen LogP contribution is -2.37. The highest BCUT2D eigenvalue weighted by molar-refractivity contribution is 5.95. The molecule has 0 bridgehead atoms. The van der Waals surface area contributed by atoms with E-state index >= 15 is 0 Å². The molecule has 0 radical (unpaired) electrons. The smallest absolute Gasteiger partial charge is 0.253 e. The molecule has 0 spiro atoms. The van der Waals surface area contributed by atoms with Gasteiger partial charge in [0.05, 0.1) is 0 Å². The third-order valence-corrected chi connectivity index (χ3v) is 6.86. The van der Waals surface area contributed by atoms with Gasteiger partial charge in [0.2, 0.25) is 0 Å². The second-order valence-corrected chi connectivity index (χ2v) is 9.13. The fourth-order valence-electron chi connectivity index (χ4n) is 4.89. The van der Waals surface area contributed by atoms with Crippen LogP contribution < -0.4 is 11.1 Å². The van der Waals surface area contributed by atoms with Gasteiger partial charge in [-0.15, -0.1) is 24.8 Å². The number of carbonyl (C=O) groups excluding carboxylic acids is 1. The van der Waals surface area contributed by atoms with Crippen molar-refractivity contribution in [1.29, 1.82) is 0 Å². The first kappa shape index (κ1) is 27.5. The zero-order chi connectivity index (χ0) is 23.3. The maximum Gasteiger partial charge on any atom is 0.253 e. The van der Waals surface area contributed by atoms with E-state index in [2.05, 4.69) is 72.0 Å². The first-order chi connectivity index (χ1) is 16.7. The lowest BCUT2D eigenvalue weighted by atomic mass is 9.88. The first-order valence-corrected chi connectivity index (χ1v) is 12.1. The van der Waals surface area contributed by atoms with Crippen LogP contribution in [-0.2, 0) is 13.1 Å². The van der Waals surface area contributed by atoms with Gasteiger partial charge < -0.3 is 16.0 Å². The van der Waals surface area contributed by atoms with Gasteiger partial charge in [-0.3, -0.25) is 4.79 Å². The van der Waals surface area contributed by atoms with Gasteiger partial charge in [-0.1, -0.05) is 66.7 Å². The van der Waals surface area contributed by atoms with E-state index < -0.39 is 0 Å². The Kier molecular flexibility index (Phi) is 9.77. The molecule has 188 valence electrons. The normalized spacial score (nSPS) is 13.5. The number of nitrogens with one attached hydrogen (secondary N) is 1. The minimum absolute atomic E-state index is 0. The van der Waals surface area contributed by atoms with E-state index in [0.29, 0.717) is 12.5 Å². The van der Waals surface area contributed by atoms with Gasteiger partial charge in [-0.05, 0) is 70.5 Å². The van der Waals surface area contributed by atoms with Crippen LogP contribution in [0.15, 0.2) is 91.0 Å². The van der Waals surface area contributed by atoms with Crippen molar-refractivity contribution in [3.63, 3.8) is 0 Å².